The Labute approximate surface area is 219 Å². The number of benzene rings is 3. The number of hydrogen-bond donors (Lipinski definition) is 1. The largest absolute Gasteiger partial charge is 0.491 e. The molecule has 1 unspecified atom stereocenters. The van der Waals surface area contributed by atoms with E-state index in [1.165, 1.54) is 0 Å². The summed E-state index contributed by atoms with van der Waals surface area (Å²) >= 11 is 0. The van der Waals surface area contributed by atoms with Gasteiger partial charge in [-0.05, 0) is 72.6 Å². The Morgan fingerprint density at radius 2 is 1.92 bits per heavy atom. The molecule has 3 aromatic carbocycles. The van der Waals surface area contributed by atoms with Gasteiger partial charge in [-0.25, -0.2) is 4.98 Å². The number of carbonyl (C=O) groups is 1. The third kappa shape index (κ3) is 5.17. The van der Waals surface area contributed by atoms with Gasteiger partial charge in [-0.3, -0.25) is 9.00 Å². The van der Waals surface area contributed by atoms with Crippen molar-refractivity contribution in [3.8, 4) is 16.9 Å². The minimum atomic E-state index is -1.08. The molecule has 1 N–H and O–H groups in total. The molecule has 192 valence electrons. The third-order valence-electron chi connectivity index (χ3n) is 6.90. The molecule has 37 heavy (non-hydrogen) atoms. The quantitative estimate of drug-likeness (QED) is 0.397. The molecule has 0 saturated carbocycles. The Morgan fingerprint density at radius 3 is 2.70 bits per heavy atom. The van der Waals surface area contributed by atoms with Crippen LogP contribution in [0.1, 0.15) is 28.4 Å². The van der Waals surface area contributed by atoms with Gasteiger partial charge in [-0.1, -0.05) is 19.1 Å². The molecule has 1 atom stereocenters. The first-order valence-electron chi connectivity index (χ1n) is 12.6. The van der Waals surface area contributed by atoms with Gasteiger partial charge in [-0.2, -0.15) is 0 Å². The van der Waals surface area contributed by atoms with Gasteiger partial charge < -0.3 is 19.5 Å². The second-order valence-corrected chi connectivity index (χ2v) is 10.6. The third-order valence-corrected chi connectivity index (χ3v) is 7.82. The first-order chi connectivity index (χ1) is 18.0. The maximum atomic E-state index is 13.6. The molecule has 0 spiro atoms. The standard InChI is InChI=1S/C29H32N4O3S/c1-4-20-16-24(37(3)35)7-8-25(20)29(34)32-13-14-36-28-10-6-21(15-23(28)18-32)22-5-9-27-26(17-22)31-19-33(27)12-11-30-2/h5-10,15-17,19,30H,4,11-14,18H2,1-3H3. The summed E-state index contributed by atoms with van der Waals surface area (Å²) in [5.41, 5.74) is 6.76. The zero-order chi connectivity index (χ0) is 25.9. The number of hydrogen-bond acceptors (Lipinski definition) is 5. The Kier molecular flexibility index (Phi) is 7.39. The van der Waals surface area contributed by atoms with E-state index in [1.54, 1.807) is 12.3 Å². The van der Waals surface area contributed by atoms with E-state index in [9.17, 15) is 9.00 Å². The zero-order valence-electron chi connectivity index (χ0n) is 21.5. The second kappa shape index (κ2) is 10.9. The summed E-state index contributed by atoms with van der Waals surface area (Å²) in [6.07, 6.45) is 4.24. The molecule has 8 heteroatoms. The molecule has 0 bridgehead atoms. The topological polar surface area (TPSA) is 76.5 Å². The summed E-state index contributed by atoms with van der Waals surface area (Å²) in [5.74, 6) is 0.782. The molecule has 0 aliphatic carbocycles. The van der Waals surface area contributed by atoms with E-state index in [-0.39, 0.29) is 5.91 Å². The summed E-state index contributed by atoms with van der Waals surface area (Å²) in [7, 11) is 0.863. The van der Waals surface area contributed by atoms with Crippen molar-refractivity contribution in [3.05, 3.63) is 77.6 Å². The van der Waals surface area contributed by atoms with Gasteiger partial charge in [-0.15, -0.1) is 0 Å². The minimum absolute atomic E-state index is 0.0272. The van der Waals surface area contributed by atoms with Crippen LogP contribution < -0.4 is 10.1 Å². The first kappa shape index (κ1) is 25.2. The van der Waals surface area contributed by atoms with Crippen LogP contribution in [0.5, 0.6) is 5.75 Å². The molecular formula is C29H32N4O3S. The molecule has 1 aliphatic heterocycles. The van der Waals surface area contributed by atoms with E-state index in [0.717, 1.165) is 57.0 Å². The van der Waals surface area contributed by atoms with Crippen LogP contribution in [0.25, 0.3) is 22.2 Å². The maximum absolute atomic E-state index is 13.6. The van der Waals surface area contributed by atoms with Gasteiger partial charge in [0.1, 0.15) is 12.4 Å². The molecule has 2 heterocycles. The van der Waals surface area contributed by atoms with E-state index < -0.39 is 10.8 Å². The number of ether oxygens (including phenoxy) is 1. The van der Waals surface area contributed by atoms with Crippen LogP contribution in [0.15, 0.2) is 65.8 Å². The van der Waals surface area contributed by atoms with E-state index in [2.05, 4.69) is 45.2 Å². The monoisotopic (exact) mass is 516 g/mol. The van der Waals surface area contributed by atoms with Gasteiger partial charge in [0, 0.05) is 52.7 Å². The lowest BCUT2D eigenvalue weighted by Gasteiger charge is -2.22. The second-order valence-electron chi connectivity index (χ2n) is 9.27. The number of fused-ring (bicyclic) bond motifs is 2. The van der Waals surface area contributed by atoms with Crippen LogP contribution >= 0.6 is 0 Å². The number of aryl methyl sites for hydroxylation is 1. The Balaban J connectivity index is 1.42. The van der Waals surface area contributed by atoms with Gasteiger partial charge in [0.05, 0.1) is 23.9 Å². The lowest BCUT2D eigenvalue weighted by atomic mass is 10.0. The fourth-order valence-electron chi connectivity index (χ4n) is 4.82. The molecular weight excluding hydrogens is 484 g/mol. The average molecular weight is 517 g/mol. The number of nitrogens with zero attached hydrogens (tertiary/aromatic N) is 3. The molecule has 0 fully saturated rings. The molecule has 5 rings (SSSR count). The van der Waals surface area contributed by atoms with Crippen molar-refractivity contribution in [2.24, 2.45) is 0 Å². The summed E-state index contributed by atoms with van der Waals surface area (Å²) < 4.78 is 20.1. The van der Waals surface area contributed by atoms with Gasteiger partial charge in [0.2, 0.25) is 0 Å². The van der Waals surface area contributed by atoms with Gasteiger partial charge in [0.25, 0.3) is 5.91 Å². The van der Waals surface area contributed by atoms with Crippen LogP contribution in [-0.2, 0) is 30.3 Å². The zero-order valence-corrected chi connectivity index (χ0v) is 22.3. The summed E-state index contributed by atoms with van der Waals surface area (Å²) in [6.45, 7) is 5.17. The number of amides is 1. The van der Waals surface area contributed by atoms with Crippen molar-refractivity contribution >= 4 is 27.7 Å². The van der Waals surface area contributed by atoms with E-state index in [0.29, 0.717) is 31.7 Å². The van der Waals surface area contributed by atoms with Crippen LogP contribution in [0.2, 0.25) is 0 Å². The van der Waals surface area contributed by atoms with Crippen molar-refractivity contribution in [2.45, 2.75) is 31.3 Å². The minimum Gasteiger partial charge on any atom is -0.491 e. The highest BCUT2D eigenvalue weighted by Gasteiger charge is 2.23. The average Bonchev–Trinajstić information content (AvgIpc) is 3.20. The fourth-order valence-corrected chi connectivity index (χ4v) is 5.39. The number of imidazole rings is 1. The van der Waals surface area contributed by atoms with Crippen LogP contribution in [0.3, 0.4) is 0 Å². The molecule has 0 saturated heterocycles. The highest BCUT2D eigenvalue weighted by Crippen LogP contribution is 2.31. The van der Waals surface area contributed by atoms with Crippen molar-refractivity contribution in [3.63, 3.8) is 0 Å². The number of likely N-dealkylation sites (N-methyl/N-ethyl adjacent to an activating group) is 1. The van der Waals surface area contributed by atoms with Crippen LogP contribution in [0.4, 0.5) is 0 Å². The summed E-state index contributed by atoms with van der Waals surface area (Å²) in [4.78, 5) is 20.8. The van der Waals surface area contributed by atoms with Gasteiger partial charge >= 0.3 is 0 Å². The van der Waals surface area contributed by atoms with Crippen molar-refractivity contribution in [2.75, 3.05) is 33.0 Å². The molecule has 1 aliphatic rings. The first-order valence-corrected chi connectivity index (χ1v) is 14.2. The van der Waals surface area contributed by atoms with Crippen molar-refractivity contribution in [1.29, 1.82) is 0 Å². The number of rotatable bonds is 7. The Bertz CT molecular complexity index is 1480. The Morgan fingerprint density at radius 1 is 1.11 bits per heavy atom. The SMILES string of the molecule is CCc1cc(S(C)=O)ccc1C(=O)N1CCOc2ccc(-c3ccc4c(c3)ncn4CCNC)cc2C1. The number of aromatic nitrogens is 2. The predicted molar refractivity (Wildman–Crippen MR) is 147 cm³/mol. The molecule has 1 aromatic heterocycles. The van der Waals surface area contributed by atoms with E-state index in [1.807, 2.05) is 43.4 Å². The smallest absolute Gasteiger partial charge is 0.254 e. The van der Waals surface area contributed by atoms with E-state index >= 15 is 0 Å². The molecule has 4 aromatic rings. The number of nitrogens with one attached hydrogen (secondary N) is 1. The highest BCUT2D eigenvalue weighted by atomic mass is 32.2. The predicted octanol–water partition coefficient (Wildman–Crippen LogP) is 4.26. The van der Waals surface area contributed by atoms with Crippen molar-refractivity contribution in [1.82, 2.24) is 19.8 Å². The van der Waals surface area contributed by atoms with Crippen LogP contribution in [0, 0.1) is 0 Å². The number of carbonyl (C=O) groups excluding carboxylic acids is 1. The normalized spacial score (nSPS) is 14.2. The summed E-state index contributed by atoms with van der Waals surface area (Å²) in [6, 6.07) is 18.0. The molecule has 0 radical (unpaired) electrons. The highest BCUT2D eigenvalue weighted by molar-refractivity contribution is 7.84. The Hall–Kier alpha value is -3.49. The van der Waals surface area contributed by atoms with Crippen molar-refractivity contribution < 1.29 is 13.7 Å². The van der Waals surface area contributed by atoms with Crippen LogP contribution in [-0.4, -0.2) is 57.6 Å². The lowest BCUT2D eigenvalue weighted by molar-refractivity contribution is 0.0732. The summed E-state index contributed by atoms with van der Waals surface area (Å²) in [5, 5.41) is 3.18. The lowest BCUT2D eigenvalue weighted by Crippen LogP contribution is -2.33. The van der Waals surface area contributed by atoms with E-state index in [4.69, 9.17) is 4.74 Å². The molecule has 7 nitrogen and oxygen atoms in total. The maximum Gasteiger partial charge on any atom is 0.254 e. The molecule has 1 amide bonds. The van der Waals surface area contributed by atoms with Gasteiger partial charge in [0.15, 0.2) is 0 Å². The fraction of sp³-hybridized carbons (Fsp3) is 0.310.